The second-order valence-corrected chi connectivity index (χ2v) is 7.06. The molecular formula is C21H17N3O3S. The summed E-state index contributed by atoms with van der Waals surface area (Å²) in [5.41, 5.74) is 3.07. The number of ether oxygens (including phenoxy) is 3. The Balaban J connectivity index is 1.54. The molecule has 5 rings (SSSR count). The average Bonchev–Trinajstić information content (AvgIpc) is 3.36. The Labute approximate surface area is 165 Å². The van der Waals surface area contributed by atoms with Gasteiger partial charge in [-0.2, -0.15) is 0 Å². The molecule has 7 heteroatoms. The Kier molecular flexibility index (Phi) is 4.21. The van der Waals surface area contributed by atoms with Crippen molar-refractivity contribution in [2.75, 3.05) is 18.7 Å². The van der Waals surface area contributed by atoms with E-state index >= 15 is 0 Å². The van der Waals surface area contributed by atoms with Gasteiger partial charge in [0.2, 0.25) is 6.79 Å². The van der Waals surface area contributed by atoms with Crippen LogP contribution in [0.25, 0.3) is 21.3 Å². The Morgan fingerprint density at radius 1 is 1.07 bits per heavy atom. The third-order valence-corrected chi connectivity index (χ3v) is 5.37. The third kappa shape index (κ3) is 2.99. The summed E-state index contributed by atoms with van der Waals surface area (Å²) in [6.45, 7) is 2.88. The zero-order chi connectivity index (χ0) is 18.9. The van der Waals surface area contributed by atoms with E-state index in [1.165, 1.54) is 0 Å². The summed E-state index contributed by atoms with van der Waals surface area (Å²) in [7, 11) is 0. The van der Waals surface area contributed by atoms with Crippen molar-refractivity contribution in [3.05, 3.63) is 54.2 Å². The second-order valence-electron chi connectivity index (χ2n) is 6.20. The molecule has 0 saturated carbocycles. The number of benzene rings is 2. The van der Waals surface area contributed by atoms with Crippen molar-refractivity contribution in [3.63, 3.8) is 0 Å². The molecule has 6 nitrogen and oxygen atoms in total. The number of fused-ring (bicyclic) bond motifs is 2. The average molecular weight is 391 g/mol. The zero-order valence-electron chi connectivity index (χ0n) is 15.1. The van der Waals surface area contributed by atoms with Crippen LogP contribution in [0.3, 0.4) is 0 Å². The van der Waals surface area contributed by atoms with Gasteiger partial charge in [-0.05, 0) is 36.8 Å². The first-order valence-corrected chi connectivity index (χ1v) is 9.82. The molecule has 2 aromatic heterocycles. The van der Waals surface area contributed by atoms with E-state index in [4.69, 9.17) is 14.2 Å². The second kappa shape index (κ2) is 7.01. The molecule has 0 amide bonds. The highest BCUT2D eigenvalue weighted by Gasteiger charge is 2.16. The molecule has 0 spiro atoms. The fourth-order valence-electron chi connectivity index (χ4n) is 3.19. The summed E-state index contributed by atoms with van der Waals surface area (Å²) in [6, 6.07) is 13.8. The first-order chi connectivity index (χ1) is 13.8. The highest BCUT2D eigenvalue weighted by atomic mass is 32.1. The van der Waals surface area contributed by atoms with Crippen molar-refractivity contribution in [2.45, 2.75) is 6.92 Å². The minimum absolute atomic E-state index is 0.253. The Morgan fingerprint density at radius 2 is 1.93 bits per heavy atom. The van der Waals surface area contributed by atoms with Crippen LogP contribution >= 0.6 is 11.3 Å². The molecule has 2 aromatic carbocycles. The summed E-state index contributed by atoms with van der Waals surface area (Å²) in [5, 5.41) is 6.51. The quantitative estimate of drug-likeness (QED) is 0.503. The number of hydrogen-bond acceptors (Lipinski definition) is 7. The number of nitrogens with one attached hydrogen (secondary N) is 1. The van der Waals surface area contributed by atoms with Gasteiger partial charge in [-0.15, -0.1) is 11.3 Å². The molecule has 0 aliphatic carbocycles. The molecule has 28 heavy (non-hydrogen) atoms. The molecule has 0 bridgehead atoms. The number of hydrogen-bond donors (Lipinski definition) is 1. The molecule has 4 aromatic rings. The summed E-state index contributed by atoms with van der Waals surface area (Å²) < 4.78 is 16.4. The molecule has 1 N–H and O–H groups in total. The highest BCUT2D eigenvalue weighted by Crippen LogP contribution is 2.39. The van der Waals surface area contributed by atoms with Crippen LogP contribution in [0.1, 0.15) is 6.92 Å². The van der Waals surface area contributed by atoms with Gasteiger partial charge in [-0.3, -0.25) is 0 Å². The van der Waals surface area contributed by atoms with E-state index in [9.17, 15) is 0 Å². The van der Waals surface area contributed by atoms with Gasteiger partial charge in [0.25, 0.3) is 0 Å². The third-order valence-electron chi connectivity index (χ3n) is 4.48. The van der Waals surface area contributed by atoms with E-state index in [1.54, 1.807) is 17.7 Å². The van der Waals surface area contributed by atoms with Crippen LogP contribution in [-0.2, 0) is 0 Å². The molecule has 0 radical (unpaired) electrons. The number of rotatable bonds is 5. The predicted molar refractivity (Wildman–Crippen MR) is 110 cm³/mol. The minimum Gasteiger partial charge on any atom is -0.494 e. The van der Waals surface area contributed by atoms with Gasteiger partial charge < -0.3 is 19.5 Å². The normalized spacial score (nSPS) is 12.3. The highest BCUT2D eigenvalue weighted by molar-refractivity contribution is 7.17. The lowest BCUT2D eigenvalue weighted by Gasteiger charge is -2.09. The van der Waals surface area contributed by atoms with Crippen LogP contribution in [0, 0.1) is 0 Å². The van der Waals surface area contributed by atoms with E-state index in [1.807, 2.05) is 37.3 Å². The molecule has 140 valence electrons. The van der Waals surface area contributed by atoms with Crippen LogP contribution in [0.4, 0.5) is 11.5 Å². The largest absolute Gasteiger partial charge is 0.494 e. The van der Waals surface area contributed by atoms with E-state index in [2.05, 4.69) is 32.8 Å². The van der Waals surface area contributed by atoms with Gasteiger partial charge in [-0.25, -0.2) is 9.97 Å². The van der Waals surface area contributed by atoms with Crippen molar-refractivity contribution >= 4 is 33.1 Å². The molecule has 0 unspecified atom stereocenters. The van der Waals surface area contributed by atoms with Crippen LogP contribution in [0.15, 0.2) is 54.2 Å². The van der Waals surface area contributed by atoms with Crippen molar-refractivity contribution in [2.24, 2.45) is 0 Å². The van der Waals surface area contributed by atoms with Gasteiger partial charge in [0, 0.05) is 22.7 Å². The van der Waals surface area contributed by atoms with Gasteiger partial charge in [0.05, 0.1) is 12.0 Å². The lowest BCUT2D eigenvalue weighted by molar-refractivity contribution is 0.174. The number of nitrogens with zero attached hydrogens (tertiary/aromatic N) is 2. The standard InChI is InChI=1S/C21H17N3O3S/c1-2-25-15-6-3-13(4-7-15)16-10-28-21-19(16)20(22-11-23-21)24-14-5-8-17-18(9-14)27-12-26-17/h3-11H,2,12H2,1H3,(H,22,23,24). The van der Waals surface area contributed by atoms with Crippen molar-refractivity contribution in [1.82, 2.24) is 9.97 Å². The smallest absolute Gasteiger partial charge is 0.231 e. The maximum Gasteiger partial charge on any atom is 0.231 e. The number of anilines is 2. The Morgan fingerprint density at radius 3 is 2.79 bits per heavy atom. The van der Waals surface area contributed by atoms with E-state index in [0.29, 0.717) is 6.61 Å². The molecule has 0 saturated heterocycles. The SMILES string of the molecule is CCOc1ccc(-c2csc3ncnc(Nc4ccc5c(c4)OCO5)c23)cc1. The van der Waals surface area contributed by atoms with Crippen molar-refractivity contribution < 1.29 is 14.2 Å². The maximum absolute atomic E-state index is 5.55. The first kappa shape index (κ1) is 16.8. The summed E-state index contributed by atoms with van der Waals surface area (Å²) >= 11 is 1.60. The van der Waals surface area contributed by atoms with Crippen LogP contribution in [0.2, 0.25) is 0 Å². The van der Waals surface area contributed by atoms with Gasteiger partial charge in [0.15, 0.2) is 11.5 Å². The van der Waals surface area contributed by atoms with E-state index in [0.717, 1.165) is 50.1 Å². The molecular weight excluding hydrogens is 374 g/mol. The molecule has 3 heterocycles. The topological polar surface area (TPSA) is 65.5 Å². The lowest BCUT2D eigenvalue weighted by Crippen LogP contribution is -1.96. The summed E-state index contributed by atoms with van der Waals surface area (Å²) in [5.74, 6) is 3.10. The molecule has 0 fully saturated rings. The van der Waals surface area contributed by atoms with Crippen molar-refractivity contribution in [3.8, 4) is 28.4 Å². The fourth-order valence-corrected chi connectivity index (χ4v) is 4.11. The first-order valence-electron chi connectivity index (χ1n) is 8.94. The monoisotopic (exact) mass is 391 g/mol. The molecule has 1 aliphatic heterocycles. The van der Waals surface area contributed by atoms with E-state index in [-0.39, 0.29) is 6.79 Å². The number of thiophene rings is 1. The van der Waals surface area contributed by atoms with Gasteiger partial charge in [-0.1, -0.05) is 12.1 Å². The van der Waals surface area contributed by atoms with Gasteiger partial charge in [0.1, 0.15) is 22.7 Å². The minimum atomic E-state index is 0.253. The fraction of sp³-hybridized carbons (Fsp3) is 0.143. The van der Waals surface area contributed by atoms with E-state index < -0.39 is 0 Å². The molecule has 0 atom stereocenters. The molecule has 1 aliphatic rings. The predicted octanol–water partition coefficient (Wildman–Crippen LogP) is 5.23. The van der Waals surface area contributed by atoms with Crippen molar-refractivity contribution in [1.29, 1.82) is 0 Å². The van der Waals surface area contributed by atoms with Crippen LogP contribution < -0.4 is 19.5 Å². The Hall–Kier alpha value is -3.32. The summed E-state index contributed by atoms with van der Waals surface area (Å²) in [6.07, 6.45) is 1.58. The van der Waals surface area contributed by atoms with Crippen LogP contribution in [-0.4, -0.2) is 23.4 Å². The zero-order valence-corrected chi connectivity index (χ0v) is 16.0. The van der Waals surface area contributed by atoms with Crippen LogP contribution in [0.5, 0.6) is 17.2 Å². The number of aromatic nitrogens is 2. The summed E-state index contributed by atoms with van der Waals surface area (Å²) in [4.78, 5) is 9.85. The maximum atomic E-state index is 5.55. The Bertz CT molecular complexity index is 1140. The lowest BCUT2D eigenvalue weighted by atomic mass is 10.1. The van der Waals surface area contributed by atoms with Gasteiger partial charge >= 0.3 is 0 Å².